The van der Waals surface area contributed by atoms with Gasteiger partial charge < -0.3 is 14.6 Å². The van der Waals surface area contributed by atoms with E-state index in [2.05, 4.69) is 5.32 Å². The number of ether oxygens (including phenoxy) is 1. The second-order valence-corrected chi connectivity index (χ2v) is 7.37. The van der Waals surface area contributed by atoms with Gasteiger partial charge in [0.2, 0.25) is 0 Å². The highest BCUT2D eigenvalue weighted by Crippen LogP contribution is 2.32. The topological polar surface area (TPSA) is 43.3 Å². The standard InChI is InChI=1S/C26H23FN2O2/c1-17-11-13-20(14-12-17)28-26(30)22-16-25(19-7-6-8-21(15-19)31-3)29(18(22)2)24-10-5-4-9-23(24)27/h4-16H,1-3H3,(H,28,30). The molecule has 0 atom stereocenters. The number of aromatic nitrogens is 1. The van der Waals surface area contributed by atoms with E-state index in [9.17, 15) is 9.18 Å². The van der Waals surface area contributed by atoms with Crippen LogP contribution in [0.5, 0.6) is 5.75 Å². The Balaban J connectivity index is 1.84. The summed E-state index contributed by atoms with van der Waals surface area (Å²) in [7, 11) is 1.60. The molecule has 3 aromatic carbocycles. The fourth-order valence-corrected chi connectivity index (χ4v) is 3.61. The van der Waals surface area contributed by atoms with Gasteiger partial charge in [-0.15, -0.1) is 0 Å². The molecule has 0 saturated heterocycles. The molecule has 1 aromatic heterocycles. The molecule has 0 radical (unpaired) electrons. The number of rotatable bonds is 5. The van der Waals surface area contributed by atoms with Crippen LogP contribution in [-0.2, 0) is 0 Å². The Morgan fingerprint density at radius 3 is 2.39 bits per heavy atom. The molecule has 1 amide bonds. The Hall–Kier alpha value is -3.86. The summed E-state index contributed by atoms with van der Waals surface area (Å²) in [6.45, 7) is 3.81. The number of anilines is 1. The maximum absolute atomic E-state index is 14.7. The van der Waals surface area contributed by atoms with Gasteiger partial charge in [0, 0.05) is 16.9 Å². The first-order chi connectivity index (χ1) is 15.0. The van der Waals surface area contributed by atoms with Crippen molar-refractivity contribution in [1.82, 2.24) is 4.57 Å². The van der Waals surface area contributed by atoms with Crippen LogP contribution >= 0.6 is 0 Å². The van der Waals surface area contributed by atoms with Gasteiger partial charge in [0.25, 0.3) is 5.91 Å². The van der Waals surface area contributed by atoms with Crippen molar-refractivity contribution < 1.29 is 13.9 Å². The molecule has 1 N–H and O–H groups in total. The minimum absolute atomic E-state index is 0.249. The fraction of sp³-hybridized carbons (Fsp3) is 0.115. The van der Waals surface area contributed by atoms with Crippen molar-refractivity contribution in [1.29, 1.82) is 0 Å². The van der Waals surface area contributed by atoms with Crippen LogP contribution in [0.4, 0.5) is 10.1 Å². The van der Waals surface area contributed by atoms with Crippen LogP contribution in [0, 0.1) is 19.7 Å². The highest BCUT2D eigenvalue weighted by atomic mass is 19.1. The lowest BCUT2D eigenvalue weighted by Crippen LogP contribution is -2.13. The number of aryl methyl sites for hydroxylation is 1. The van der Waals surface area contributed by atoms with Gasteiger partial charge >= 0.3 is 0 Å². The first kappa shape index (κ1) is 20.4. The van der Waals surface area contributed by atoms with Crippen LogP contribution in [0.25, 0.3) is 16.9 Å². The molecule has 0 saturated carbocycles. The lowest BCUT2D eigenvalue weighted by Gasteiger charge is -2.14. The number of amides is 1. The van der Waals surface area contributed by atoms with Crippen molar-refractivity contribution >= 4 is 11.6 Å². The second-order valence-electron chi connectivity index (χ2n) is 7.37. The molecule has 1 heterocycles. The second kappa shape index (κ2) is 8.48. The number of methoxy groups -OCH3 is 1. The molecule has 0 fully saturated rings. The van der Waals surface area contributed by atoms with Crippen LogP contribution in [0.3, 0.4) is 0 Å². The van der Waals surface area contributed by atoms with Crippen LogP contribution in [0.2, 0.25) is 0 Å². The van der Waals surface area contributed by atoms with E-state index >= 15 is 0 Å². The fourth-order valence-electron chi connectivity index (χ4n) is 3.61. The number of benzene rings is 3. The number of nitrogens with zero attached hydrogens (tertiary/aromatic N) is 1. The van der Waals surface area contributed by atoms with Crippen LogP contribution in [0.15, 0.2) is 78.9 Å². The Morgan fingerprint density at radius 1 is 0.935 bits per heavy atom. The van der Waals surface area contributed by atoms with Crippen LogP contribution < -0.4 is 10.1 Å². The third-order valence-corrected chi connectivity index (χ3v) is 5.26. The highest BCUT2D eigenvalue weighted by Gasteiger charge is 2.21. The lowest BCUT2D eigenvalue weighted by molar-refractivity contribution is 0.102. The zero-order valence-electron chi connectivity index (χ0n) is 17.6. The predicted molar refractivity (Wildman–Crippen MR) is 122 cm³/mol. The number of para-hydroxylation sites is 1. The summed E-state index contributed by atoms with van der Waals surface area (Å²) >= 11 is 0. The summed E-state index contributed by atoms with van der Waals surface area (Å²) in [4.78, 5) is 13.1. The maximum atomic E-state index is 14.7. The summed E-state index contributed by atoms with van der Waals surface area (Å²) in [5.74, 6) is 0.0681. The third-order valence-electron chi connectivity index (χ3n) is 5.26. The first-order valence-electron chi connectivity index (χ1n) is 9.97. The molecule has 156 valence electrons. The Bertz CT molecular complexity index is 1240. The molecule has 0 aliphatic carbocycles. The smallest absolute Gasteiger partial charge is 0.257 e. The number of carbonyl (C=O) groups excluding carboxylic acids is 1. The molecular weight excluding hydrogens is 391 g/mol. The zero-order valence-corrected chi connectivity index (χ0v) is 17.6. The van der Waals surface area contributed by atoms with Gasteiger partial charge in [0.15, 0.2) is 0 Å². The van der Waals surface area contributed by atoms with E-state index in [1.165, 1.54) is 6.07 Å². The third kappa shape index (κ3) is 4.08. The van der Waals surface area contributed by atoms with Crippen LogP contribution in [0.1, 0.15) is 21.6 Å². The van der Waals surface area contributed by atoms with Crippen molar-refractivity contribution in [3.05, 3.63) is 102 Å². The van der Waals surface area contributed by atoms with Gasteiger partial charge in [0.05, 0.1) is 24.1 Å². The number of carbonyl (C=O) groups is 1. The maximum Gasteiger partial charge on any atom is 0.257 e. The molecule has 0 unspecified atom stereocenters. The summed E-state index contributed by atoms with van der Waals surface area (Å²) in [6, 6.07) is 23.4. The van der Waals surface area contributed by atoms with Crippen molar-refractivity contribution in [2.75, 3.05) is 12.4 Å². The molecule has 4 aromatic rings. The van der Waals surface area contributed by atoms with E-state index in [0.717, 1.165) is 11.1 Å². The zero-order chi connectivity index (χ0) is 22.0. The minimum Gasteiger partial charge on any atom is -0.497 e. The van der Waals surface area contributed by atoms with Crippen LogP contribution in [-0.4, -0.2) is 17.6 Å². The molecule has 0 aliphatic heterocycles. The minimum atomic E-state index is -0.365. The van der Waals surface area contributed by atoms with Gasteiger partial charge in [-0.25, -0.2) is 4.39 Å². The number of halogens is 1. The number of hydrogen-bond donors (Lipinski definition) is 1. The highest BCUT2D eigenvalue weighted by molar-refractivity contribution is 6.06. The van der Waals surface area contributed by atoms with Gasteiger partial charge in [-0.2, -0.15) is 0 Å². The van der Waals surface area contributed by atoms with E-state index < -0.39 is 0 Å². The molecular formula is C26H23FN2O2. The van der Waals surface area contributed by atoms with E-state index in [4.69, 9.17) is 4.74 Å². The van der Waals surface area contributed by atoms with E-state index in [-0.39, 0.29) is 11.7 Å². The van der Waals surface area contributed by atoms with E-state index in [1.54, 1.807) is 35.9 Å². The summed E-state index contributed by atoms with van der Waals surface area (Å²) in [6.07, 6.45) is 0. The monoisotopic (exact) mass is 414 g/mol. The Labute approximate surface area is 180 Å². The SMILES string of the molecule is COc1cccc(-c2cc(C(=O)Nc3ccc(C)cc3)c(C)n2-c2ccccc2F)c1. The average Bonchev–Trinajstić information content (AvgIpc) is 3.13. The molecule has 5 heteroatoms. The molecule has 4 nitrogen and oxygen atoms in total. The molecule has 4 rings (SSSR count). The van der Waals surface area contributed by atoms with Crippen molar-refractivity contribution in [3.8, 4) is 22.7 Å². The Kier molecular flexibility index (Phi) is 5.58. The summed E-state index contributed by atoms with van der Waals surface area (Å²) in [5.41, 5.74) is 4.84. The normalized spacial score (nSPS) is 10.7. The number of hydrogen-bond acceptors (Lipinski definition) is 2. The molecule has 31 heavy (non-hydrogen) atoms. The largest absolute Gasteiger partial charge is 0.497 e. The van der Waals surface area contributed by atoms with E-state index in [0.29, 0.717) is 34.1 Å². The molecule has 0 aliphatic rings. The van der Waals surface area contributed by atoms with Crippen molar-refractivity contribution in [2.24, 2.45) is 0 Å². The van der Waals surface area contributed by atoms with E-state index in [1.807, 2.05) is 62.4 Å². The average molecular weight is 414 g/mol. The van der Waals surface area contributed by atoms with Gasteiger partial charge in [-0.1, -0.05) is 42.0 Å². The molecule has 0 bridgehead atoms. The lowest BCUT2D eigenvalue weighted by atomic mass is 10.1. The Morgan fingerprint density at radius 2 is 1.68 bits per heavy atom. The quantitative estimate of drug-likeness (QED) is 0.425. The van der Waals surface area contributed by atoms with Gasteiger partial charge in [-0.3, -0.25) is 4.79 Å². The van der Waals surface area contributed by atoms with Crippen molar-refractivity contribution in [3.63, 3.8) is 0 Å². The van der Waals surface area contributed by atoms with Crippen molar-refractivity contribution in [2.45, 2.75) is 13.8 Å². The number of nitrogens with one attached hydrogen (secondary N) is 1. The van der Waals surface area contributed by atoms with Gasteiger partial charge in [-0.05, 0) is 56.3 Å². The van der Waals surface area contributed by atoms with Gasteiger partial charge in [0.1, 0.15) is 11.6 Å². The predicted octanol–water partition coefficient (Wildman–Crippen LogP) is 6.16. The summed E-state index contributed by atoms with van der Waals surface area (Å²) < 4.78 is 21.9. The summed E-state index contributed by atoms with van der Waals surface area (Å²) in [5, 5.41) is 2.94. The molecule has 0 spiro atoms. The first-order valence-corrected chi connectivity index (χ1v) is 9.97.